The van der Waals surface area contributed by atoms with Crippen molar-refractivity contribution in [1.29, 1.82) is 0 Å². The number of halogens is 1. The number of hydrogen-bond acceptors (Lipinski definition) is 2. The van der Waals surface area contributed by atoms with E-state index < -0.39 is 8.32 Å². The molecule has 0 bridgehead atoms. The fourth-order valence-electron chi connectivity index (χ4n) is 2.31. The van der Waals surface area contributed by atoms with Crippen LogP contribution in [0.5, 0.6) is 0 Å². The van der Waals surface area contributed by atoms with Gasteiger partial charge in [0.15, 0.2) is 8.32 Å². The van der Waals surface area contributed by atoms with Crippen LogP contribution in [0, 0.1) is 12.7 Å². The summed E-state index contributed by atoms with van der Waals surface area (Å²) in [5, 5.41) is 0.224. The van der Waals surface area contributed by atoms with Crippen LogP contribution < -0.4 is 4.90 Å². The normalized spacial score (nSPS) is 17.2. The third kappa shape index (κ3) is 2.91. The van der Waals surface area contributed by atoms with Gasteiger partial charge in [-0.05, 0) is 36.7 Å². The minimum Gasteiger partial charge on any atom is -0.410 e. The molecule has 0 radical (unpaired) electrons. The van der Waals surface area contributed by atoms with Crippen molar-refractivity contribution in [2.24, 2.45) is 0 Å². The molecule has 0 saturated carbocycles. The largest absolute Gasteiger partial charge is 0.410 e. The Morgan fingerprint density at radius 2 is 1.85 bits per heavy atom. The van der Waals surface area contributed by atoms with Gasteiger partial charge < -0.3 is 9.33 Å². The number of aryl methyl sites for hydroxylation is 1. The summed E-state index contributed by atoms with van der Waals surface area (Å²) in [6, 6.07) is 5.25. The molecule has 1 aromatic carbocycles. The van der Waals surface area contributed by atoms with Crippen LogP contribution in [0.4, 0.5) is 10.1 Å². The molecule has 1 aromatic rings. The third-order valence-corrected chi connectivity index (χ3v) is 9.16. The second kappa shape index (κ2) is 5.15. The fourth-order valence-corrected chi connectivity index (χ4v) is 3.65. The zero-order valence-electron chi connectivity index (χ0n) is 13.5. The van der Waals surface area contributed by atoms with Crippen LogP contribution in [0.1, 0.15) is 26.3 Å². The summed E-state index contributed by atoms with van der Waals surface area (Å²) in [4.78, 5) is 2.09. The predicted molar refractivity (Wildman–Crippen MR) is 85.4 cm³/mol. The first-order valence-corrected chi connectivity index (χ1v) is 10.2. The molecule has 0 N–H and O–H groups in total. The van der Waals surface area contributed by atoms with Gasteiger partial charge in [0.05, 0.1) is 11.8 Å². The molecule has 0 aliphatic carbocycles. The maximum atomic E-state index is 13.9. The molecule has 2 nitrogen and oxygen atoms in total. The minimum atomic E-state index is -1.72. The molecule has 1 aliphatic rings. The molecule has 112 valence electrons. The highest BCUT2D eigenvalue weighted by Gasteiger charge is 2.42. The highest BCUT2D eigenvalue weighted by Crippen LogP contribution is 2.39. The van der Waals surface area contributed by atoms with Crippen LogP contribution >= 0.6 is 0 Å². The van der Waals surface area contributed by atoms with Crippen LogP contribution in [-0.4, -0.2) is 27.5 Å². The van der Waals surface area contributed by atoms with Crippen molar-refractivity contribution in [3.8, 4) is 0 Å². The highest BCUT2D eigenvalue weighted by molar-refractivity contribution is 6.74. The first kappa shape index (κ1) is 15.5. The van der Waals surface area contributed by atoms with Gasteiger partial charge >= 0.3 is 0 Å². The van der Waals surface area contributed by atoms with Crippen LogP contribution in [0.2, 0.25) is 18.1 Å². The van der Waals surface area contributed by atoms with Crippen molar-refractivity contribution >= 4 is 14.0 Å². The molecule has 20 heavy (non-hydrogen) atoms. The summed E-state index contributed by atoms with van der Waals surface area (Å²) < 4.78 is 20.2. The monoisotopic (exact) mass is 295 g/mol. The van der Waals surface area contributed by atoms with Crippen molar-refractivity contribution < 1.29 is 8.82 Å². The van der Waals surface area contributed by atoms with E-state index in [-0.39, 0.29) is 17.0 Å². The third-order valence-electron chi connectivity index (χ3n) is 4.62. The van der Waals surface area contributed by atoms with Gasteiger partial charge in [0.25, 0.3) is 0 Å². The van der Waals surface area contributed by atoms with Crippen LogP contribution in [0.15, 0.2) is 18.2 Å². The zero-order valence-corrected chi connectivity index (χ0v) is 14.5. The van der Waals surface area contributed by atoms with E-state index in [1.165, 1.54) is 6.07 Å². The average molecular weight is 295 g/mol. The Bertz CT molecular complexity index is 469. The summed E-state index contributed by atoms with van der Waals surface area (Å²) in [6.07, 6.45) is 0.245. The average Bonchev–Trinajstić information content (AvgIpc) is 2.23. The number of nitrogens with zero attached hydrogens (tertiary/aromatic N) is 1. The number of para-hydroxylation sites is 1. The lowest BCUT2D eigenvalue weighted by Crippen LogP contribution is -2.58. The Kier molecular flexibility index (Phi) is 4.00. The molecule has 0 amide bonds. The Labute approximate surface area is 123 Å². The van der Waals surface area contributed by atoms with Crippen molar-refractivity contribution in [1.82, 2.24) is 0 Å². The topological polar surface area (TPSA) is 12.5 Å². The van der Waals surface area contributed by atoms with E-state index in [2.05, 4.69) is 38.8 Å². The van der Waals surface area contributed by atoms with E-state index in [0.717, 1.165) is 24.3 Å². The smallest absolute Gasteiger partial charge is 0.192 e. The SMILES string of the molecule is Cc1cccc(F)c1N1CC(O[Si](C)(C)C(C)(C)C)C1. The first-order chi connectivity index (χ1) is 9.12. The molecule has 4 heteroatoms. The molecule has 1 aliphatic heterocycles. The van der Waals surface area contributed by atoms with E-state index in [9.17, 15) is 4.39 Å². The molecule has 1 fully saturated rings. The lowest BCUT2D eigenvalue weighted by Gasteiger charge is -2.47. The van der Waals surface area contributed by atoms with Gasteiger partial charge in [-0.25, -0.2) is 4.39 Å². The van der Waals surface area contributed by atoms with Gasteiger partial charge in [-0.1, -0.05) is 32.9 Å². The fraction of sp³-hybridized carbons (Fsp3) is 0.625. The van der Waals surface area contributed by atoms with Crippen LogP contribution in [0.3, 0.4) is 0 Å². The van der Waals surface area contributed by atoms with Crippen molar-refractivity contribution in [3.63, 3.8) is 0 Å². The lowest BCUT2D eigenvalue weighted by molar-refractivity contribution is 0.148. The Hall–Kier alpha value is -0.873. The number of hydrogen-bond donors (Lipinski definition) is 0. The molecular formula is C16H26FNOSi. The predicted octanol–water partition coefficient (Wildman–Crippen LogP) is 4.34. The minimum absolute atomic E-state index is 0.129. The van der Waals surface area contributed by atoms with E-state index in [4.69, 9.17) is 4.43 Å². The summed E-state index contributed by atoms with van der Waals surface area (Å²) in [5.41, 5.74) is 1.73. The molecule has 0 spiro atoms. The van der Waals surface area contributed by atoms with Gasteiger partial charge in [-0.2, -0.15) is 0 Å². The number of anilines is 1. The van der Waals surface area contributed by atoms with Crippen molar-refractivity contribution in [2.75, 3.05) is 18.0 Å². The van der Waals surface area contributed by atoms with Gasteiger partial charge in [0.1, 0.15) is 5.82 Å². The number of benzene rings is 1. The van der Waals surface area contributed by atoms with Gasteiger partial charge in [-0.15, -0.1) is 0 Å². The van der Waals surface area contributed by atoms with E-state index in [1.807, 2.05) is 13.0 Å². The second-order valence-electron chi connectivity index (χ2n) is 7.31. The summed E-state index contributed by atoms with van der Waals surface area (Å²) in [6.45, 7) is 14.8. The summed E-state index contributed by atoms with van der Waals surface area (Å²) in [7, 11) is -1.72. The van der Waals surface area contributed by atoms with Gasteiger partial charge in [0.2, 0.25) is 0 Å². The number of rotatable bonds is 3. The second-order valence-corrected chi connectivity index (χ2v) is 12.1. The molecule has 0 aromatic heterocycles. The van der Waals surface area contributed by atoms with Gasteiger partial charge in [0, 0.05) is 13.1 Å². The van der Waals surface area contributed by atoms with E-state index in [1.54, 1.807) is 6.07 Å². The molecular weight excluding hydrogens is 269 g/mol. The molecule has 1 heterocycles. The maximum Gasteiger partial charge on any atom is 0.192 e. The van der Waals surface area contributed by atoms with Gasteiger partial charge in [-0.3, -0.25) is 0 Å². The molecule has 2 rings (SSSR count). The van der Waals surface area contributed by atoms with Crippen LogP contribution in [0.25, 0.3) is 0 Å². The quantitative estimate of drug-likeness (QED) is 0.769. The molecule has 0 atom stereocenters. The highest BCUT2D eigenvalue weighted by atomic mass is 28.4. The van der Waals surface area contributed by atoms with Crippen molar-refractivity contribution in [2.45, 2.75) is 51.9 Å². The molecule has 0 unspecified atom stereocenters. The summed E-state index contributed by atoms with van der Waals surface area (Å²) >= 11 is 0. The zero-order chi connectivity index (χ0) is 15.1. The van der Waals surface area contributed by atoms with E-state index in [0.29, 0.717) is 0 Å². The maximum absolute atomic E-state index is 13.9. The Morgan fingerprint density at radius 1 is 1.25 bits per heavy atom. The van der Waals surface area contributed by atoms with Crippen LogP contribution in [-0.2, 0) is 4.43 Å². The standard InChI is InChI=1S/C16H26FNOSi/c1-12-8-7-9-14(17)15(12)18-10-13(11-18)19-20(5,6)16(2,3)4/h7-9,13H,10-11H2,1-6H3. The lowest BCUT2D eigenvalue weighted by atomic mass is 10.1. The first-order valence-electron chi connectivity index (χ1n) is 7.30. The Balaban J connectivity index is 1.99. The van der Waals surface area contributed by atoms with E-state index >= 15 is 0 Å². The molecule has 1 saturated heterocycles. The Morgan fingerprint density at radius 3 is 2.35 bits per heavy atom. The summed E-state index contributed by atoms with van der Waals surface area (Å²) in [5.74, 6) is -0.129. The van der Waals surface area contributed by atoms with Crippen molar-refractivity contribution in [3.05, 3.63) is 29.6 Å².